The molecule has 1 saturated heterocycles. The summed E-state index contributed by atoms with van der Waals surface area (Å²) in [5.41, 5.74) is 1.18. The van der Waals surface area contributed by atoms with Crippen LogP contribution in [0.3, 0.4) is 0 Å². The second kappa shape index (κ2) is 9.85. The molecule has 0 amide bonds. The van der Waals surface area contributed by atoms with Crippen LogP contribution >= 0.6 is 15.9 Å². The Bertz CT molecular complexity index is 1570. The Morgan fingerprint density at radius 3 is 2.22 bits per heavy atom. The van der Waals surface area contributed by atoms with Crippen molar-refractivity contribution in [3.63, 3.8) is 0 Å². The van der Waals surface area contributed by atoms with Crippen molar-refractivity contribution in [3.8, 4) is 5.69 Å². The summed E-state index contributed by atoms with van der Waals surface area (Å²) in [5.74, 6) is 0.114. The molecule has 36 heavy (non-hydrogen) atoms. The lowest BCUT2D eigenvalue weighted by atomic mass is 10.1. The van der Waals surface area contributed by atoms with E-state index < -0.39 is 15.8 Å². The van der Waals surface area contributed by atoms with E-state index in [1.165, 1.54) is 16.4 Å². The van der Waals surface area contributed by atoms with Crippen molar-refractivity contribution < 1.29 is 12.8 Å². The molecule has 0 N–H and O–H groups in total. The SMILES string of the molecule is C[C@@H](c1nc2ccccc2c(=O)n1-c1ccc(Br)cc1)N1CCN(S(=O)(=O)c2ccc(F)cc2)CC1. The summed E-state index contributed by atoms with van der Waals surface area (Å²) in [7, 11) is -3.72. The van der Waals surface area contributed by atoms with Crippen molar-refractivity contribution in [2.75, 3.05) is 26.2 Å². The van der Waals surface area contributed by atoms with E-state index >= 15 is 0 Å². The number of para-hydroxylation sites is 1. The third-order valence-corrected chi connectivity index (χ3v) is 8.97. The molecule has 0 bridgehead atoms. The lowest BCUT2D eigenvalue weighted by molar-refractivity contribution is 0.140. The van der Waals surface area contributed by atoms with E-state index in [2.05, 4.69) is 20.8 Å². The average molecular weight is 571 g/mol. The molecule has 0 spiro atoms. The number of hydrogen-bond donors (Lipinski definition) is 0. The zero-order valence-electron chi connectivity index (χ0n) is 19.5. The van der Waals surface area contributed by atoms with Crippen LogP contribution in [-0.4, -0.2) is 53.4 Å². The quantitative estimate of drug-likeness (QED) is 0.356. The van der Waals surface area contributed by atoms with E-state index in [4.69, 9.17) is 4.98 Å². The first-order valence-corrected chi connectivity index (χ1v) is 13.8. The zero-order chi connectivity index (χ0) is 25.4. The summed E-state index contributed by atoms with van der Waals surface area (Å²) >= 11 is 3.44. The Hall–Kier alpha value is -2.92. The minimum Gasteiger partial charge on any atom is -0.291 e. The second-order valence-electron chi connectivity index (χ2n) is 8.67. The summed E-state index contributed by atoms with van der Waals surface area (Å²) in [4.78, 5) is 20.6. The third kappa shape index (κ3) is 4.61. The highest BCUT2D eigenvalue weighted by Crippen LogP contribution is 2.26. The summed E-state index contributed by atoms with van der Waals surface area (Å²) in [6.45, 7) is 3.46. The average Bonchev–Trinajstić information content (AvgIpc) is 2.89. The van der Waals surface area contributed by atoms with Gasteiger partial charge in [-0.25, -0.2) is 17.8 Å². The van der Waals surface area contributed by atoms with E-state index in [1.807, 2.05) is 49.4 Å². The molecular weight excluding hydrogens is 547 g/mol. The predicted molar refractivity (Wildman–Crippen MR) is 140 cm³/mol. The number of sulfonamides is 1. The molecule has 10 heteroatoms. The van der Waals surface area contributed by atoms with Crippen LogP contribution in [0.1, 0.15) is 18.8 Å². The van der Waals surface area contributed by atoms with Crippen LogP contribution in [0.15, 0.2) is 87.0 Å². The summed E-state index contributed by atoms with van der Waals surface area (Å²) in [6.07, 6.45) is 0. The van der Waals surface area contributed by atoms with E-state index in [0.29, 0.717) is 35.5 Å². The van der Waals surface area contributed by atoms with Gasteiger partial charge in [0.15, 0.2) is 0 Å². The van der Waals surface area contributed by atoms with E-state index in [9.17, 15) is 17.6 Å². The minimum absolute atomic E-state index is 0.0747. The van der Waals surface area contributed by atoms with E-state index in [1.54, 1.807) is 10.6 Å². The van der Waals surface area contributed by atoms with Crippen LogP contribution in [-0.2, 0) is 10.0 Å². The molecule has 0 unspecified atom stereocenters. The van der Waals surface area contributed by atoms with Gasteiger partial charge in [-0.15, -0.1) is 0 Å². The smallest absolute Gasteiger partial charge is 0.266 e. The normalized spacial score (nSPS) is 16.3. The van der Waals surface area contributed by atoms with Crippen LogP contribution < -0.4 is 5.56 Å². The van der Waals surface area contributed by atoms with Gasteiger partial charge in [0.25, 0.3) is 5.56 Å². The Balaban J connectivity index is 1.46. The Kier molecular flexibility index (Phi) is 6.78. The number of halogens is 2. The molecule has 4 aromatic rings. The van der Waals surface area contributed by atoms with Crippen LogP contribution in [0.5, 0.6) is 0 Å². The molecular formula is C26H24BrFN4O3S. The van der Waals surface area contributed by atoms with Crippen LogP contribution in [0, 0.1) is 5.82 Å². The van der Waals surface area contributed by atoms with Gasteiger partial charge in [0.05, 0.1) is 27.5 Å². The molecule has 0 saturated carbocycles. The lowest BCUT2D eigenvalue weighted by Gasteiger charge is -2.37. The molecule has 1 aliphatic rings. The molecule has 5 rings (SSSR count). The van der Waals surface area contributed by atoms with Gasteiger partial charge in [-0.05, 0) is 67.6 Å². The van der Waals surface area contributed by atoms with Crippen molar-refractivity contribution in [1.29, 1.82) is 0 Å². The van der Waals surface area contributed by atoms with Crippen LogP contribution in [0.25, 0.3) is 16.6 Å². The molecule has 2 heterocycles. The molecule has 3 aromatic carbocycles. The monoisotopic (exact) mass is 570 g/mol. The van der Waals surface area contributed by atoms with Crippen LogP contribution in [0.2, 0.25) is 0 Å². The van der Waals surface area contributed by atoms with Crippen LogP contribution in [0.4, 0.5) is 4.39 Å². The van der Waals surface area contributed by atoms with Crippen molar-refractivity contribution in [3.05, 3.63) is 99.3 Å². The van der Waals surface area contributed by atoms with Gasteiger partial charge in [-0.1, -0.05) is 28.1 Å². The highest BCUT2D eigenvalue weighted by atomic mass is 79.9. The molecule has 1 aromatic heterocycles. The van der Waals surface area contributed by atoms with Crippen molar-refractivity contribution >= 4 is 36.9 Å². The van der Waals surface area contributed by atoms with Gasteiger partial charge in [0.1, 0.15) is 11.6 Å². The predicted octanol–water partition coefficient (Wildman–Crippen LogP) is 4.35. The summed E-state index contributed by atoms with van der Waals surface area (Å²) in [6, 6.07) is 19.4. The first-order valence-electron chi connectivity index (χ1n) is 11.5. The number of fused-ring (bicyclic) bond motifs is 1. The van der Waals surface area contributed by atoms with E-state index in [0.717, 1.165) is 16.6 Å². The maximum absolute atomic E-state index is 13.6. The number of hydrogen-bond acceptors (Lipinski definition) is 5. The van der Waals surface area contributed by atoms with E-state index in [-0.39, 0.29) is 29.6 Å². The van der Waals surface area contributed by atoms with Gasteiger partial charge < -0.3 is 0 Å². The second-order valence-corrected chi connectivity index (χ2v) is 11.5. The Morgan fingerprint density at radius 1 is 0.917 bits per heavy atom. The third-order valence-electron chi connectivity index (χ3n) is 6.53. The molecule has 1 aliphatic heterocycles. The minimum atomic E-state index is -3.72. The maximum Gasteiger partial charge on any atom is 0.266 e. The van der Waals surface area contributed by atoms with Gasteiger partial charge >= 0.3 is 0 Å². The number of aromatic nitrogens is 2. The number of piperazine rings is 1. The number of benzene rings is 3. The molecule has 7 nitrogen and oxygen atoms in total. The molecule has 0 radical (unpaired) electrons. The Labute approximate surface area is 217 Å². The zero-order valence-corrected chi connectivity index (χ0v) is 21.9. The fourth-order valence-corrected chi connectivity index (χ4v) is 6.21. The first-order chi connectivity index (χ1) is 17.3. The summed E-state index contributed by atoms with van der Waals surface area (Å²) in [5, 5.41) is 0.534. The van der Waals surface area contributed by atoms with Crippen molar-refractivity contribution in [2.45, 2.75) is 17.9 Å². The number of rotatable bonds is 5. The molecule has 186 valence electrons. The van der Waals surface area contributed by atoms with Crippen molar-refractivity contribution in [2.24, 2.45) is 0 Å². The fraction of sp³-hybridized carbons (Fsp3) is 0.231. The maximum atomic E-state index is 13.6. The molecule has 1 atom stereocenters. The highest BCUT2D eigenvalue weighted by Gasteiger charge is 2.32. The lowest BCUT2D eigenvalue weighted by Crippen LogP contribution is -2.49. The topological polar surface area (TPSA) is 75.5 Å². The molecule has 0 aliphatic carbocycles. The standard InChI is InChI=1S/C26H24BrFN4O3S/c1-18(30-14-16-31(17-15-30)36(34,35)22-12-8-20(28)9-13-22)25-29-24-5-3-2-4-23(24)26(33)32(25)21-10-6-19(27)7-11-21/h2-13,18H,14-17H2,1H3/t18-/m0/s1. The largest absolute Gasteiger partial charge is 0.291 e. The first kappa shape index (κ1) is 24.8. The van der Waals surface area contributed by atoms with Gasteiger partial charge in [-0.2, -0.15) is 4.31 Å². The highest BCUT2D eigenvalue weighted by molar-refractivity contribution is 9.10. The Morgan fingerprint density at radius 2 is 1.56 bits per heavy atom. The van der Waals surface area contributed by atoms with Gasteiger partial charge in [-0.3, -0.25) is 14.3 Å². The van der Waals surface area contributed by atoms with Crippen molar-refractivity contribution in [1.82, 2.24) is 18.8 Å². The molecule has 1 fully saturated rings. The van der Waals surface area contributed by atoms with Gasteiger partial charge in [0.2, 0.25) is 10.0 Å². The van der Waals surface area contributed by atoms with Gasteiger partial charge in [0, 0.05) is 30.7 Å². The number of nitrogens with zero attached hydrogens (tertiary/aromatic N) is 4. The fourth-order valence-electron chi connectivity index (χ4n) is 4.52. The summed E-state index contributed by atoms with van der Waals surface area (Å²) < 4.78 is 43.3.